The lowest BCUT2D eigenvalue weighted by molar-refractivity contribution is -0.224. The van der Waals surface area contributed by atoms with E-state index in [1.807, 2.05) is 18.2 Å². The van der Waals surface area contributed by atoms with Crippen LogP contribution in [0.1, 0.15) is 81.7 Å². The summed E-state index contributed by atoms with van der Waals surface area (Å²) in [6.07, 6.45) is -15.5. The predicted molar refractivity (Wildman–Crippen MR) is 281 cm³/mol. The molecule has 0 radical (unpaired) electrons. The molecule has 0 bridgehead atoms. The second-order valence-corrected chi connectivity index (χ2v) is 24.7. The lowest BCUT2D eigenvalue weighted by Crippen LogP contribution is -2.55. The molecule has 8 heterocycles. The van der Waals surface area contributed by atoms with E-state index < -0.39 is 194 Å². The maximum Gasteiger partial charge on any atom is 0.407 e. The summed E-state index contributed by atoms with van der Waals surface area (Å²) in [5, 5.41) is 11.5. The first-order valence-electron chi connectivity index (χ1n) is 28.2. The summed E-state index contributed by atoms with van der Waals surface area (Å²) in [4.78, 5) is 72.6. The van der Waals surface area contributed by atoms with Gasteiger partial charge >= 0.3 is 12.1 Å². The van der Waals surface area contributed by atoms with Crippen molar-refractivity contribution >= 4 is 29.8 Å². The van der Waals surface area contributed by atoms with Crippen LogP contribution in [0.3, 0.4) is 0 Å². The maximum absolute atomic E-state index is 15.2. The highest BCUT2D eigenvalue weighted by Crippen LogP contribution is 2.45. The quantitative estimate of drug-likeness (QED) is 0.120. The fourth-order valence-electron chi connectivity index (χ4n) is 12.2. The molecule has 8 fully saturated rings. The zero-order valence-corrected chi connectivity index (χ0v) is 49.9. The first-order chi connectivity index (χ1) is 39.0. The second-order valence-electron chi connectivity index (χ2n) is 24.7. The van der Waals surface area contributed by atoms with Crippen molar-refractivity contribution in [3.8, 4) is 0 Å². The fraction of sp³-hybridized carbons (Fsp3) is 0.804. The Morgan fingerprint density at radius 1 is 0.458 bits per heavy atom. The molecule has 8 aliphatic rings. The number of fused-ring (bicyclic) bond motifs is 4. The van der Waals surface area contributed by atoms with Crippen LogP contribution in [-0.4, -0.2) is 212 Å². The van der Waals surface area contributed by atoms with Gasteiger partial charge in [0.1, 0.15) is 91.4 Å². The average Bonchev–Trinajstić information content (AvgIpc) is 2.17. The molecule has 27 nitrogen and oxygen atoms in total. The van der Waals surface area contributed by atoms with Crippen LogP contribution < -0.4 is 21.3 Å². The van der Waals surface area contributed by atoms with Crippen LogP contribution in [0.5, 0.6) is 0 Å². The van der Waals surface area contributed by atoms with E-state index in [1.54, 1.807) is 88.3 Å². The zero-order chi connectivity index (χ0) is 60.1. The summed E-state index contributed by atoms with van der Waals surface area (Å²) >= 11 is 0. The van der Waals surface area contributed by atoms with Gasteiger partial charge in [-0.15, -0.1) is 0 Å². The Balaban J connectivity index is 0.981. The van der Waals surface area contributed by atoms with Crippen molar-refractivity contribution in [2.45, 2.75) is 210 Å². The van der Waals surface area contributed by atoms with Crippen LogP contribution >= 0.6 is 0 Å². The molecule has 9 rings (SSSR count). The molecular weight excluding hydrogens is 1100 g/mol. The monoisotopic (exact) mass is 1180 g/mol. The molecule has 8 saturated heterocycles. The number of benzene rings is 1. The first kappa shape index (κ1) is 63.2. The van der Waals surface area contributed by atoms with Crippen LogP contribution in [0.2, 0.25) is 0 Å². The van der Waals surface area contributed by atoms with Crippen molar-refractivity contribution in [2.24, 2.45) is 23.7 Å². The molecule has 0 saturated carbocycles. The normalized spacial score (nSPS) is 36.4. The highest BCUT2D eigenvalue weighted by atomic mass is 16.9. The minimum absolute atomic E-state index is 0.0800. The number of hydrogen-bond acceptors (Lipinski definition) is 23. The summed E-state index contributed by atoms with van der Waals surface area (Å²) in [6.45, 7) is 17.3. The van der Waals surface area contributed by atoms with E-state index in [0.29, 0.717) is 0 Å². The molecule has 0 unspecified atom stereocenters. The van der Waals surface area contributed by atoms with E-state index in [4.69, 9.17) is 85.3 Å². The third-order valence-electron chi connectivity index (χ3n) is 15.7. The molecule has 4 amide bonds. The number of ether oxygens (including phenoxy) is 18. The number of methoxy groups -OCH3 is 4. The summed E-state index contributed by atoms with van der Waals surface area (Å²) in [5.74, 6) is -11.9. The number of hydrogen-bond donors (Lipinski definition) is 4. The minimum atomic E-state index is -1.29. The van der Waals surface area contributed by atoms with E-state index >= 15 is 9.59 Å². The van der Waals surface area contributed by atoms with E-state index in [2.05, 4.69) is 21.3 Å². The Hall–Kier alpha value is -4.27. The van der Waals surface area contributed by atoms with Crippen molar-refractivity contribution in [3.63, 3.8) is 0 Å². The summed E-state index contributed by atoms with van der Waals surface area (Å²) in [6, 6.07) is 9.08. The van der Waals surface area contributed by atoms with Crippen molar-refractivity contribution in [1.82, 2.24) is 21.3 Å². The Morgan fingerprint density at radius 3 is 1.07 bits per heavy atom. The lowest BCUT2D eigenvalue weighted by Gasteiger charge is -2.33. The largest absolute Gasteiger partial charge is 0.460 e. The summed E-state index contributed by atoms with van der Waals surface area (Å²) in [5.41, 5.74) is -0.140. The molecule has 0 aromatic heterocycles. The predicted octanol–water partition coefficient (Wildman–Crippen LogP) is 1.63. The van der Waals surface area contributed by atoms with Crippen molar-refractivity contribution < 1.29 is 109 Å². The first-order valence-corrected chi connectivity index (χ1v) is 28.2. The van der Waals surface area contributed by atoms with Gasteiger partial charge in [0, 0.05) is 54.6 Å². The molecule has 0 aliphatic carbocycles. The van der Waals surface area contributed by atoms with Gasteiger partial charge in [-0.05, 0) is 81.7 Å². The third kappa shape index (κ3) is 14.1. The number of rotatable bonds is 22. The smallest absolute Gasteiger partial charge is 0.407 e. The van der Waals surface area contributed by atoms with Gasteiger partial charge in [0.15, 0.2) is 48.3 Å². The van der Waals surface area contributed by atoms with Gasteiger partial charge in [-0.1, -0.05) is 30.3 Å². The molecule has 8 aliphatic heterocycles. The van der Waals surface area contributed by atoms with Crippen LogP contribution in [0.4, 0.5) is 4.79 Å². The molecule has 0 spiro atoms. The van der Waals surface area contributed by atoms with Gasteiger partial charge in [-0.2, -0.15) is 0 Å². The van der Waals surface area contributed by atoms with Crippen molar-refractivity contribution in [3.05, 3.63) is 35.9 Å². The molecule has 83 heavy (non-hydrogen) atoms. The number of alkyl carbamates (subject to hydrolysis) is 1. The van der Waals surface area contributed by atoms with Gasteiger partial charge in [0.05, 0.1) is 17.8 Å². The van der Waals surface area contributed by atoms with E-state index in [-0.39, 0.29) is 19.7 Å². The van der Waals surface area contributed by atoms with E-state index in [0.717, 1.165) is 5.56 Å². The lowest BCUT2D eigenvalue weighted by atomic mass is 9.92. The highest BCUT2D eigenvalue weighted by molar-refractivity contribution is 5.85. The maximum atomic E-state index is 15.2. The Kier molecular flexibility index (Phi) is 18.9. The number of esters is 1. The Bertz CT molecular complexity index is 2460. The molecule has 1 aromatic rings. The molecule has 4 N–H and O–H groups in total. The van der Waals surface area contributed by atoms with Gasteiger partial charge in [0.25, 0.3) is 0 Å². The summed E-state index contributed by atoms with van der Waals surface area (Å²) < 4.78 is 110. The van der Waals surface area contributed by atoms with E-state index in [9.17, 15) is 14.4 Å². The van der Waals surface area contributed by atoms with Crippen molar-refractivity contribution in [1.29, 1.82) is 0 Å². The Labute approximate surface area is 483 Å². The van der Waals surface area contributed by atoms with Gasteiger partial charge in [-0.25, -0.2) is 4.79 Å². The number of amides is 4. The van der Waals surface area contributed by atoms with Crippen molar-refractivity contribution in [2.75, 3.05) is 54.6 Å². The standard InChI is InChI=1S/C56H84N4O23/c1-52(2,3)83-51(65)60-23-29(33-37(68-14)41-49(73-33)81-55(8,9)77-41)45(63)58-21-27(31-35(66-12)39-47(71-31)79-53(4,5)75-39)43(61)57-22-28(32-36(67-13)40-48(72-32)80-54(6,7)76-40)44(62)59-24-30(46(64)70-25-26-19-17-16-18-20-26)34-38(69-15)42-50(74-34)82-56(10,11)78-42/h16-20,27-42,47-50H,21-25H2,1-15H3,(H,57,61)(H,58,63)(H,59,62)(H,60,65)/t27-,28+,29+,30-,31-,32-,33-,34-,35+,36+,37+,38+,39-,40-,41-,42-,47-,48-,49-,50-/m1/s1. The molecule has 466 valence electrons. The third-order valence-corrected chi connectivity index (χ3v) is 15.7. The van der Waals surface area contributed by atoms with Gasteiger partial charge in [0.2, 0.25) is 17.7 Å². The average molecular weight is 1180 g/mol. The second kappa shape index (κ2) is 24.8. The molecule has 20 atom stereocenters. The van der Waals surface area contributed by atoms with Crippen LogP contribution in [0, 0.1) is 23.7 Å². The number of carbonyl (C=O) groups is 5. The zero-order valence-electron chi connectivity index (χ0n) is 49.9. The molecule has 1 aromatic carbocycles. The molecule has 27 heteroatoms. The van der Waals surface area contributed by atoms with Gasteiger partial charge < -0.3 is 107 Å². The van der Waals surface area contributed by atoms with E-state index in [1.165, 1.54) is 28.4 Å². The van der Waals surface area contributed by atoms with Gasteiger partial charge in [-0.3, -0.25) is 19.2 Å². The fourth-order valence-corrected chi connectivity index (χ4v) is 12.2. The highest BCUT2D eigenvalue weighted by Gasteiger charge is 2.62. The van der Waals surface area contributed by atoms with Crippen LogP contribution in [0.15, 0.2) is 30.3 Å². The SMILES string of the molecule is CO[C@@H]1[C@H]2OC(C)(C)O[C@H]2O[C@@H]1[C@H](CNC(=O)OC(C)(C)C)C(=O)NC[C@@H](C(=O)NC[C@H](C(=O)NC[C@@H](C(=O)OCc1ccccc1)[C@H]1O[C@@H]2OC(C)(C)O[C@@H]2[C@H]1OC)[C@H]1O[C@@H]2OC(C)(C)O[C@@H]2[C@H]1OC)[C@H]1O[C@@H]2OC(C)(C)O[C@@H]2[C@H]1OC. The van der Waals surface area contributed by atoms with Crippen LogP contribution in [0.25, 0.3) is 0 Å². The Morgan fingerprint density at radius 2 is 0.759 bits per heavy atom. The minimum Gasteiger partial charge on any atom is -0.460 e. The molecular formula is C56H84N4O23. The topological polar surface area (TPSA) is 300 Å². The summed E-state index contributed by atoms with van der Waals surface area (Å²) in [7, 11) is 5.78. The number of carbonyl (C=O) groups excluding carboxylic acids is 5. The van der Waals surface area contributed by atoms with Crippen LogP contribution in [-0.2, 0) is 111 Å². The number of nitrogens with one attached hydrogen (secondary N) is 4.